The molecule has 0 bridgehead atoms. The van der Waals surface area contributed by atoms with Crippen LogP contribution in [-0.2, 0) is 20.8 Å². The Morgan fingerprint density at radius 3 is 2.54 bits per heavy atom. The molecule has 0 spiro atoms. The van der Waals surface area contributed by atoms with Crippen molar-refractivity contribution in [3.8, 4) is 11.4 Å². The van der Waals surface area contributed by atoms with E-state index in [0.717, 1.165) is 34.9 Å². The van der Waals surface area contributed by atoms with Crippen LogP contribution in [0.3, 0.4) is 0 Å². The number of carbonyl (C=O) groups is 4. The first-order chi connectivity index (χ1) is 23.1. The first-order valence-electron chi connectivity index (χ1n) is 17.0. The van der Waals surface area contributed by atoms with E-state index in [1.54, 1.807) is 11.8 Å². The zero-order valence-electron chi connectivity index (χ0n) is 28.0. The highest BCUT2D eigenvalue weighted by Gasteiger charge is 2.43. The van der Waals surface area contributed by atoms with Gasteiger partial charge in [-0.25, -0.2) is 4.98 Å². The normalized spacial score (nSPS) is 24.0. The Bertz CT molecular complexity index is 1800. The lowest BCUT2D eigenvalue weighted by molar-refractivity contribution is -0.141. The molecule has 2 saturated heterocycles. The molecule has 0 aliphatic carbocycles. The summed E-state index contributed by atoms with van der Waals surface area (Å²) in [6.45, 7) is 8.08. The van der Waals surface area contributed by atoms with Gasteiger partial charge in [0.1, 0.15) is 23.6 Å². The summed E-state index contributed by atoms with van der Waals surface area (Å²) >= 11 is 0. The molecule has 11 nitrogen and oxygen atoms in total. The van der Waals surface area contributed by atoms with Crippen molar-refractivity contribution in [2.24, 2.45) is 11.8 Å². The van der Waals surface area contributed by atoms with E-state index in [4.69, 9.17) is 0 Å². The molecular formula is C37H45N7O4. The highest BCUT2D eigenvalue weighted by molar-refractivity contribution is 5.96. The predicted molar refractivity (Wildman–Crippen MR) is 184 cm³/mol. The molecule has 2 aliphatic rings. The number of benzene rings is 2. The van der Waals surface area contributed by atoms with Crippen molar-refractivity contribution in [3.05, 3.63) is 77.7 Å². The van der Waals surface area contributed by atoms with Gasteiger partial charge in [-0.1, -0.05) is 69.3 Å². The zero-order valence-corrected chi connectivity index (χ0v) is 28.0. The number of aryl methyl sites for hydroxylation is 1. The monoisotopic (exact) mass is 651 g/mol. The first kappa shape index (κ1) is 33.0. The van der Waals surface area contributed by atoms with Crippen molar-refractivity contribution in [1.82, 2.24) is 35.8 Å². The van der Waals surface area contributed by atoms with Gasteiger partial charge in [-0.15, -0.1) is 0 Å². The number of para-hydroxylation sites is 1. The summed E-state index contributed by atoms with van der Waals surface area (Å²) in [5.41, 5.74) is 3.58. The molecule has 4 amide bonds. The highest BCUT2D eigenvalue weighted by atomic mass is 16.2. The van der Waals surface area contributed by atoms with E-state index in [1.165, 1.54) is 0 Å². The minimum atomic E-state index is -0.891. The third-order valence-electron chi connectivity index (χ3n) is 9.74. The van der Waals surface area contributed by atoms with Crippen LogP contribution >= 0.6 is 0 Å². The van der Waals surface area contributed by atoms with Crippen LogP contribution < -0.4 is 16.0 Å². The topological polar surface area (TPSA) is 152 Å². The zero-order chi connectivity index (χ0) is 33.9. The largest absolute Gasteiger partial charge is 0.361 e. The number of aromatic amines is 2. The van der Waals surface area contributed by atoms with Crippen LogP contribution in [0.4, 0.5) is 0 Å². The molecule has 4 aromatic rings. The fraction of sp³-hybridized carbons (Fsp3) is 0.432. The Hall–Kier alpha value is -4.93. The van der Waals surface area contributed by atoms with Gasteiger partial charge in [-0.3, -0.25) is 19.2 Å². The third kappa shape index (κ3) is 7.14. The summed E-state index contributed by atoms with van der Waals surface area (Å²) in [5, 5.41) is 10.3. The molecule has 252 valence electrons. The minimum absolute atomic E-state index is 0.0834. The Balaban J connectivity index is 1.28. The molecule has 2 aromatic carbocycles. The Labute approximate surface area is 280 Å². The number of amides is 4. The second-order valence-corrected chi connectivity index (χ2v) is 13.8. The van der Waals surface area contributed by atoms with Gasteiger partial charge in [0.25, 0.3) is 5.91 Å². The minimum Gasteiger partial charge on any atom is -0.361 e. The number of carbonyl (C=O) groups excluding carboxylic acids is 4. The molecule has 0 unspecified atom stereocenters. The van der Waals surface area contributed by atoms with Gasteiger partial charge in [0.05, 0.1) is 0 Å². The van der Waals surface area contributed by atoms with Gasteiger partial charge in [-0.05, 0) is 49.7 Å². The molecule has 2 fully saturated rings. The van der Waals surface area contributed by atoms with Crippen molar-refractivity contribution >= 4 is 34.5 Å². The van der Waals surface area contributed by atoms with Crippen molar-refractivity contribution in [2.45, 2.75) is 84.0 Å². The fourth-order valence-electron chi connectivity index (χ4n) is 7.01. The summed E-state index contributed by atoms with van der Waals surface area (Å²) in [4.78, 5) is 68.0. The van der Waals surface area contributed by atoms with Crippen LogP contribution in [0.5, 0.6) is 0 Å². The Morgan fingerprint density at radius 1 is 1.02 bits per heavy atom. The lowest BCUT2D eigenvalue weighted by atomic mass is 9.92. The summed E-state index contributed by atoms with van der Waals surface area (Å²) in [7, 11) is 0. The van der Waals surface area contributed by atoms with Crippen LogP contribution in [0, 0.1) is 18.8 Å². The average molecular weight is 652 g/mol. The number of nitrogens with one attached hydrogen (secondary N) is 5. The van der Waals surface area contributed by atoms with Gasteiger partial charge in [0.2, 0.25) is 17.7 Å². The molecule has 11 heteroatoms. The SMILES string of the molecule is Cc1[nH]c(-c2ccccc2)nc1C(=O)N[C@@H]1C[C@H]2C(=O)N[C@H](C(C)C)CC[C@@H](C)CC(=O)N[C@H](Cc3c[nH]c4ccccc34)C(=O)N2C1. The lowest BCUT2D eigenvalue weighted by Crippen LogP contribution is -2.55. The molecule has 5 N–H and O–H groups in total. The van der Waals surface area contributed by atoms with Crippen molar-refractivity contribution in [3.63, 3.8) is 0 Å². The Morgan fingerprint density at radius 2 is 1.77 bits per heavy atom. The van der Waals surface area contributed by atoms with E-state index in [9.17, 15) is 19.2 Å². The summed E-state index contributed by atoms with van der Waals surface area (Å²) in [6, 6.07) is 15.1. The fourth-order valence-corrected chi connectivity index (χ4v) is 7.01. The van der Waals surface area contributed by atoms with E-state index in [2.05, 4.69) is 44.7 Å². The Kier molecular flexibility index (Phi) is 9.66. The quantitative estimate of drug-likeness (QED) is 0.211. The number of hydrogen-bond donors (Lipinski definition) is 5. The summed E-state index contributed by atoms with van der Waals surface area (Å²) in [5.74, 6) is -0.325. The second kappa shape index (κ2) is 14.0. The molecule has 5 atom stereocenters. The van der Waals surface area contributed by atoms with Crippen molar-refractivity contribution in [1.29, 1.82) is 0 Å². The van der Waals surface area contributed by atoms with Gasteiger partial charge in [-0.2, -0.15) is 0 Å². The van der Waals surface area contributed by atoms with Crippen LogP contribution in [0.15, 0.2) is 60.8 Å². The van der Waals surface area contributed by atoms with Gasteiger partial charge >= 0.3 is 0 Å². The maximum Gasteiger partial charge on any atom is 0.272 e. The van der Waals surface area contributed by atoms with Crippen LogP contribution in [0.1, 0.15) is 68.2 Å². The third-order valence-corrected chi connectivity index (χ3v) is 9.74. The second-order valence-electron chi connectivity index (χ2n) is 13.8. The number of imidazole rings is 1. The molecule has 2 aliphatic heterocycles. The highest BCUT2D eigenvalue weighted by Crippen LogP contribution is 2.26. The number of H-pyrrole nitrogens is 2. The number of fused-ring (bicyclic) bond motifs is 2. The molecule has 6 rings (SSSR count). The summed E-state index contributed by atoms with van der Waals surface area (Å²) < 4.78 is 0. The van der Waals surface area contributed by atoms with Gasteiger partial charge in [0.15, 0.2) is 0 Å². The lowest BCUT2D eigenvalue weighted by Gasteiger charge is -2.30. The first-order valence-corrected chi connectivity index (χ1v) is 17.0. The van der Waals surface area contributed by atoms with Crippen molar-refractivity contribution < 1.29 is 19.2 Å². The van der Waals surface area contributed by atoms with E-state index in [-0.39, 0.29) is 73.0 Å². The molecule has 0 saturated carbocycles. The predicted octanol–water partition coefficient (Wildman–Crippen LogP) is 4.25. The van der Waals surface area contributed by atoms with E-state index in [0.29, 0.717) is 11.5 Å². The summed E-state index contributed by atoms with van der Waals surface area (Å²) in [6.07, 6.45) is 4.14. The molecule has 0 radical (unpaired) electrons. The maximum atomic E-state index is 14.5. The molecule has 48 heavy (non-hydrogen) atoms. The molecular weight excluding hydrogens is 606 g/mol. The van der Waals surface area contributed by atoms with E-state index in [1.807, 2.05) is 67.7 Å². The van der Waals surface area contributed by atoms with Crippen molar-refractivity contribution in [2.75, 3.05) is 6.54 Å². The number of aromatic nitrogens is 3. The standard InChI is InChI=1S/C37H45N7O4/c1-21(2)28-15-14-22(3)16-32(45)41-30(17-25-19-38-29-13-9-8-12-27(25)29)37(48)44-20-26(18-31(44)35(46)42-28)40-36(47)33-23(4)39-34(43-33)24-10-6-5-7-11-24/h5-13,19,21-22,26,28,30-31,38H,14-18,20H2,1-4H3,(H,39,43)(H,40,47)(H,41,45)(H,42,46)/t22-,26-,28+,30-,31+/m1/s1. The number of rotatable bonds is 6. The molecule has 2 aromatic heterocycles. The number of hydrogen-bond acceptors (Lipinski definition) is 5. The average Bonchev–Trinajstić information content (AvgIpc) is 3.79. The van der Waals surface area contributed by atoms with Gasteiger partial charge in [0, 0.05) is 59.8 Å². The van der Waals surface area contributed by atoms with Crippen LogP contribution in [0.25, 0.3) is 22.3 Å². The van der Waals surface area contributed by atoms with Gasteiger partial charge < -0.3 is 30.8 Å². The smallest absolute Gasteiger partial charge is 0.272 e. The number of nitrogens with zero attached hydrogens (tertiary/aromatic N) is 2. The van der Waals surface area contributed by atoms with E-state index >= 15 is 0 Å². The van der Waals surface area contributed by atoms with Crippen LogP contribution in [0.2, 0.25) is 0 Å². The van der Waals surface area contributed by atoms with E-state index < -0.39 is 18.1 Å². The maximum absolute atomic E-state index is 14.5. The molecule has 4 heterocycles. The van der Waals surface area contributed by atoms with Crippen LogP contribution in [-0.4, -0.2) is 74.2 Å².